The number of nitrogens with one attached hydrogen (secondary N) is 1. The molecule has 1 aromatic rings. The van der Waals surface area contributed by atoms with Crippen molar-refractivity contribution in [2.45, 2.75) is 12.8 Å². The van der Waals surface area contributed by atoms with Crippen LogP contribution in [-0.4, -0.2) is 31.8 Å². The molecular formula is C13H20N2OS. The molecular weight excluding hydrogens is 232 g/mol. The lowest BCUT2D eigenvalue weighted by atomic mass is 10.2. The van der Waals surface area contributed by atoms with Gasteiger partial charge in [-0.3, -0.25) is 4.79 Å². The quantitative estimate of drug-likeness (QED) is 0.574. The van der Waals surface area contributed by atoms with Gasteiger partial charge in [0, 0.05) is 25.8 Å². The lowest BCUT2D eigenvalue weighted by Crippen LogP contribution is -2.26. The minimum absolute atomic E-state index is 0.00440. The normalized spacial score (nSPS) is 10.0. The minimum atomic E-state index is 0.00440. The number of anilines is 1. The SMILES string of the molecule is CN(CCCCNC(=O)CS)c1ccccc1. The van der Waals surface area contributed by atoms with Crippen LogP contribution in [0.1, 0.15) is 12.8 Å². The second-order valence-corrected chi connectivity index (χ2v) is 4.29. The Kier molecular flexibility index (Phi) is 6.55. The maximum atomic E-state index is 10.9. The van der Waals surface area contributed by atoms with Gasteiger partial charge in [-0.2, -0.15) is 12.6 Å². The van der Waals surface area contributed by atoms with Crippen LogP contribution in [0, 0.1) is 0 Å². The average molecular weight is 252 g/mol. The van der Waals surface area contributed by atoms with E-state index < -0.39 is 0 Å². The molecule has 0 aliphatic carbocycles. The first kappa shape index (κ1) is 13.9. The third-order valence-electron chi connectivity index (χ3n) is 2.58. The molecule has 0 spiro atoms. The largest absolute Gasteiger partial charge is 0.375 e. The molecule has 0 aliphatic rings. The second kappa shape index (κ2) is 8.01. The molecule has 0 unspecified atom stereocenters. The van der Waals surface area contributed by atoms with E-state index in [2.05, 4.69) is 42.0 Å². The third kappa shape index (κ3) is 5.63. The summed E-state index contributed by atoms with van der Waals surface area (Å²) in [6.45, 7) is 1.74. The monoisotopic (exact) mass is 252 g/mol. The smallest absolute Gasteiger partial charge is 0.229 e. The fraction of sp³-hybridized carbons (Fsp3) is 0.462. The number of nitrogens with zero attached hydrogens (tertiary/aromatic N) is 1. The van der Waals surface area contributed by atoms with Gasteiger partial charge in [-0.05, 0) is 25.0 Å². The fourth-order valence-electron chi connectivity index (χ4n) is 1.57. The zero-order valence-electron chi connectivity index (χ0n) is 10.2. The molecule has 0 heterocycles. The van der Waals surface area contributed by atoms with Gasteiger partial charge in [-0.25, -0.2) is 0 Å². The Hall–Kier alpha value is -1.16. The molecule has 4 heteroatoms. The molecule has 17 heavy (non-hydrogen) atoms. The van der Waals surface area contributed by atoms with Crippen molar-refractivity contribution >= 4 is 24.2 Å². The Balaban J connectivity index is 2.13. The highest BCUT2D eigenvalue weighted by molar-refractivity contribution is 7.81. The lowest BCUT2D eigenvalue weighted by molar-refractivity contribution is -0.118. The fourth-order valence-corrected chi connectivity index (χ4v) is 1.68. The maximum absolute atomic E-state index is 10.9. The Labute approximate surface area is 109 Å². The first-order valence-electron chi connectivity index (χ1n) is 5.88. The van der Waals surface area contributed by atoms with Crippen molar-refractivity contribution in [3.8, 4) is 0 Å². The highest BCUT2D eigenvalue weighted by Crippen LogP contribution is 2.11. The number of para-hydroxylation sites is 1. The van der Waals surface area contributed by atoms with Crippen LogP contribution in [0.25, 0.3) is 0 Å². The van der Waals surface area contributed by atoms with Gasteiger partial charge in [0.25, 0.3) is 0 Å². The van der Waals surface area contributed by atoms with Crippen molar-refractivity contribution in [3.05, 3.63) is 30.3 Å². The topological polar surface area (TPSA) is 32.3 Å². The van der Waals surface area contributed by atoms with Gasteiger partial charge < -0.3 is 10.2 Å². The van der Waals surface area contributed by atoms with Crippen LogP contribution in [0.3, 0.4) is 0 Å². The average Bonchev–Trinajstić information content (AvgIpc) is 2.38. The van der Waals surface area contributed by atoms with Crippen LogP contribution in [0.4, 0.5) is 5.69 Å². The van der Waals surface area contributed by atoms with E-state index in [4.69, 9.17) is 0 Å². The van der Waals surface area contributed by atoms with Gasteiger partial charge in [-0.15, -0.1) is 0 Å². The van der Waals surface area contributed by atoms with Gasteiger partial charge in [0.2, 0.25) is 5.91 Å². The molecule has 0 aromatic heterocycles. The number of benzene rings is 1. The Morgan fingerprint density at radius 2 is 2.00 bits per heavy atom. The highest BCUT2D eigenvalue weighted by Gasteiger charge is 2.00. The lowest BCUT2D eigenvalue weighted by Gasteiger charge is -2.19. The van der Waals surface area contributed by atoms with Crippen LogP contribution < -0.4 is 10.2 Å². The molecule has 0 fully saturated rings. The first-order valence-corrected chi connectivity index (χ1v) is 6.51. The summed E-state index contributed by atoms with van der Waals surface area (Å²) < 4.78 is 0. The van der Waals surface area contributed by atoms with Crippen LogP contribution in [0.2, 0.25) is 0 Å². The summed E-state index contributed by atoms with van der Waals surface area (Å²) in [5.74, 6) is 0.272. The molecule has 0 aliphatic heterocycles. The van der Waals surface area contributed by atoms with E-state index in [9.17, 15) is 4.79 Å². The van der Waals surface area contributed by atoms with E-state index >= 15 is 0 Å². The Bertz CT molecular complexity index is 329. The van der Waals surface area contributed by atoms with Gasteiger partial charge in [0.05, 0.1) is 5.75 Å². The van der Waals surface area contributed by atoms with E-state index in [1.165, 1.54) is 5.69 Å². The van der Waals surface area contributed by atoms with Crippen molar-refractivity contribution in [1.29, 1.82) is 0 Å². The van der Waals surface area contributed by atoms with Crippen LogP contribution in [-0.2, 0) is 4.79 Å². The summed E-state index contributed by atoms with van der Waals surface area (Å²) in [5, 5.41) is 2.81. The zero-order chi connectivity index (χ0) is 12.5. The molecule has 94 valence electrons. The number of hydrogen-bond donors (Lipinski definition) is 2. The Morgan fingerprint density at radius 1 is 1.29 bits per heavy atom. The number of rotatable bonds is 7. The highest BCUT2D eigenvalue weighted by atomic mass is 32.1. The number of amides is 1. The third-order valence-corrected chi connectivity index (χ3v) is 2.87. The molecule has 0 saturated heterocycles. The van der Waals surface area contributed by atoms with Crippen molar-refractivity contribution in [2.75, 3.05) is 30.8 Å². The van der Waals surface area contributed by atoms with E-state index in [-0.39, 0.29) is 11.7 Å². The summed E-state index contributed by atoms with van der Waals surface area (Å²) in [7, 11) is 2.08. The van der Waals surface area contributed by atoms with Crippen molar-refractivity contribution in [1.82, 2.24) is 5.32 Å². The van der Waals surface area contributed by atoms with E-state index in [0.717, 1.165) is 25.9 Å². The van der Waals surface area contributed by atoms with Gasteiger partial charge in [0.15, 0.2) is 0 Å². The minimum Gasteiger partial charge on any atom is -0.375 e. The van der Waals surface area contributed by atoms with Gasteiger partial charge >= 0.3 is 0 Å². The molecule has 1 rings (SSSR count). The first-order chi connectivity index (χ1) is 8.24. The van der Waals surface area contributed by atoms with Crippen molar-refractivity contribution in [3.63, 3.8) is 0 Å². The molecule has 0 bridgehead atoms. The zero-order valence-corrected chi connectivity index (χ0v) is 11.1. The molecule has 1 N–H and O–H groups in total. The number of carbonyl (C=O) groups is 1. The second-order valence-electron chi connectivity index (χ2n) is 3.97. The molecule has 0 atom stereocenters. The number of carbonyl (C=O) groups excluding carboxylic acids is 1. The van der Waals surface area contributed by atoms with Crippen molar-refractivity contribution in [2.24, 2.45) is 0 Å². The summed E-state index contributed by atoms with van der Waals surface area (Å²) in [6, 6.07) is 10.3. The number of hydrogen-bond acceptors (Lipinski definition) is 3. The number of unbranched alkanes of at least 4 members (excludes halogenated alkanes) is 1. The number of thiol groups is 1. The van der Waals surface area contributed by atoms with Crippen LogP contribution >= 0.6 is 12.6 Å². The summed E-state index contributed by atoms with van der Waals surface area (Å²) in [6.07, 6.45) is 2.06. The molecule has 0 saturated carbocycles. The van der Waals surface area contributed by atoms with E-state index in [0.29, 0.717) is 0 Å². The van der Waals surface area contributed by atoms with E-state index in [1.54, 1.807) is 0 Å². The standard InChI is InChI=1S/C13H20N2OS/c1-15(12-7-3-2-4-8-12)10-6-5-9-14-13(16)11-17/h2-4,7-8,17H,5-6,9-11H2,1H3,(H,14,16). The van der Waals surface area contributed by atoms with Gasteiger partial charge in [0.1, 0.15) is 0 Å². The predicted molar refractivity (Wildman–Crippen MR) is 75.8 cm³/mol. The molecule has 0 radical (unpaired) electrons. The van der Waals surface area contributed by atoms with E-state index in [1.807, 2.05) is 18.2 Å². The summed E-state index contributed by atoms with van der Waals surface area (Å²) in [4.78, 5) is 13.2. The maximum Gasteiger partial charge on any atom is 0.229 e. The molecule has 1 aromatic carbocycles. The summed E-state index contributed by atoms with van der Waals surface area (Å²) in [5.41, 5.74) is 1.23. The predicted octanol–water partition coefficient (Wildman–Crippen LogP) is 1.95. The van der Waals surface area contributed by atoms with Gasteiger partial charge in [-0.1, -0.05) is 18.2 Å². The molecule has 3 nitrogen and oxygen atoms in total. The van der Waals surface area contributed by atoms with Crippen LogP contribution in [0.5, 0.6) is 0 Å². The van der Waals surface area contributed by atoms with Crippen LogP contribution in [0.15, 0.2) is 30.3 Å². The van der Waals surface area contributed by atoms with Crippen molar-refractivity contribution < 1.29 is 4.79 Å². The summed E-state index contributed by atoms with van der Waals surface area (Å²) >= 11 is 3.90. The molecule has 1 amide bonds. The Morgan fingerprint density at radius 3 is 2.65 bits per heavy atom.